The fourth-order valence-corrected chi connectivity index (χ4v) is 4.74. The van der Waals surface area contributed by atoms with Gasteiger partial charge in [0.2, 0.25) is 0 Å². The van der Waals surface area contributed by atoms with Crippen LogP contribution in [0.2, 0.25) is 10.0 Å². The van der Waals surface area contributed by atoms with Crippen molar-refractivity contribution in [2.24, 2.45) is 0 Å². The molecule has 28 heavy (non-hydrogen) atoms. The van der Waals surface area contributed by atoms with Crippen LogP contribution in [0.4, 0.5) is 5.00 Å². The van der Waals surface area contributed by atoms with Gasteiger partial charge in [0.25, 0.3) is 5.91 Å². The van der Waals surface area contributed by atoms with Crippen molar-refractivity contribution in [1.29, 1.82) is 0 Å². The van der Waals surface area contributed by atoms with Crippen molar-refractivity contribution in [2.45, 2.75) is 32.9 Å². The second-order valence-corrected chi connectivity index (χ2v) is 8.54. The summed E-state index contributed by atoms with van der Waals surface area (Å²) in [5.41, 5.74) is 1.65. The highest BCUT2D eigenvalue weighted by molar-refractivity contribution is 7.17. The number of fused-ring (bicyclic) bond motifs is 1. The summed E-state index contributed by atoms with van der Waals surface area (Å²) in [6.07, 6.45) is 0.738. The van der Waals surface area contributed by atoms with E-state index in [2.05, 4.69) is 24.1 Å². The van der Waals surface area contributed by atoms with E-state index < -0.39 is 11.9 Å². The minimum absolute atomic E-state index is 0. The number of carbonyl (C=O) groups excluding carboxylic acids is 2. The Bertz CT molecular complexity index is 899. The van der Waals surface area contributed by atoms with E-state index in [-0.39, 0.29) is 18.0 Å². The predicted molar refractivity (Wildman–Crippen MR) is 117 cm³/mol. The van der Waals surface area contributed by atoms with Crippen LogP contribution in [-0.2, 0) is 17.7 Å². The van der Waals surface area contributed by atoms with E-state index in [0.29, 0.717) is 26.7 Å². The third-order valence-electron chi connectivity index (χ3n) is 4.61. The number of benzene rings is 1. The lowest BCUT2D eigenvalue weighted by Gasteiger charge is -2.30. The summed E-state index contributed by atoms with van der Waals surface area (Å²) in [4.78, 5) is 28.5. The Kier molecular flexibility index (Phi) is 7.76. The molecule has 1 aliphatic rings. The number of methoxy groups -OCH3 is 1. The van der Waals surface area contributed by atoms with Gasteiger partial charge in [0.05, 0.1) is 23.3 Å². The Hall–Kier alpha value is -1.31. The first-order chi connectivity index (χ1) is 12.8. The van der Waals surface area contributed by atoms with Gasteiger partial charge in [-0.2, -0.15) is 0 Å². The molecule has 0 saturated carbocycles. The summed E-state index contributed by atoms with van der Waals surface area (Å²) in [7, 11) is 1.34. The predicted octanol–water partition coefficient (Wildman–Crippen LogP) is 5.28. The molecule has 0 aliphatic carbocycles. The van der Waals surface area contributed by atoms with E-state index >= 15 is 0 Å². The molecule has 1 aliphatic heterocycles. The normalized spacial score (nSPS) is 13.6. The molecule has 0 unspecified atom stereocenters. The summed E-state index contributed by atoms with van der Waals surface area (Å²) in [5.74, 6) is -0.857. The zero-order valence-electron chi connectivity index (χ0n) is 15.7. The maximum atomic E-state index is 12.7. The largest absolute Gasteiger partial charge is 0.465 e. The summed E-state index contributed by atoms with van der Waals surface area (Å²) >= 11 is 13.5. The molecular formula is C19H21Cl3N2O3S. The van der Waals surface area contributed by atoms with Crippen LogP contribution in [0.5, 0.6) is 0 Å². The third-order valence-corrected chi connectivity index (χ3v) is 6.30. The molecule has 1 amide bonds. The molecule has 1 aromatic carbocycles. The van der Waals surface area contributed by atoms with Gasteiger partial charge < -0.3 is 10.1 Å². The van der Waals surface area contributed by atoms with Crippen LogP contribution in [0.1, 0.15) is 45.0 Å². The SMILES string of the molecule is COC(=O)c1c(NC(=O)c2cc(Cl)ccc2Cl)sc2c1CCN(C(C)C)C2.Cl. The third kappa shape index (κ3) is 4.63. The fraction of sp³-hybridized carbons (Fsp3) is 0.368. The molecule has 3 rings (SSSR count). The summed E-state index contributed by atoms with van der Waals surface area (Å²) in [6, 6.07) is 5.10. The maximum absolute atomic E-state index is 12.7. The highest BCUT2D eigenvalue weighted by Crippen LogP contribution is 2.38. The number of rotatable bonds is 4. The van der Waals surface area contributed by atoms with Crippen LogP contribution in [0.25, 0.3) is 0 Å². The van der Waals surface area contributed by atoms with Crippen molar-refractivity contribution in [3.05, 3.63) is 49.8 Å². The molecular weight excluding hydrogens is 443 g/mol. The standard InChI is InChI=1S/C19H20Cl2N2O3S.ClH/c1-10(2)23-7-6-12-15(9-23)27-18(16(12)19(25)26-3)22-17(24)13-8-11(20)4-5-14(13)21;/h4-5,8,10H,6-7,9H2,1-3H3,(H,22,24);1H. The van der Waals surface area contributed by atoms with E-state index in [1.807, 2.05) is 0 Å². The number of thiophene rings is 1. The number of hydrogen-bond acceptors (Lipinski definition) is 5. The van der Waals surface area contributed by atoms with Crippen LogP contribution < -0.4 is 5.32 Å². The number of hydrogen-bond donors (Lipinski definition) is 1. The van der Waals surface area contributed by atoms with Crippen molar-refractivity contribution in [3.8, 4) is 0 Å². The lowest BCUT2D eigenvalue weighted by molar-refractivity contribution is 0.0600. The quantitative estimate of drug-likeness (QED) is 0.627. The van der Waals surface area contributed by atoms with E-state index in [4.69, 9.17) is 27.9 Å². The number of amides is 1. The minimum Gasteiger partial charge on any atom is -0.465 e. The first-order valence-electron chi connectivity index (χ1n) is 8.55. The Balaban J connectivity index is 0.00000280. The van der Waals surface area contributed by atoms with Gasteiger partial charge in [-0.1, -0.05) is 23.2 Å². The molecule has 0 spiro atoms. The molecule has 0 saturated heterocycles. The molecule has 5 nitrogen and oxygen atoms in total. The highest BCUT2D eigenvalue weighted by atomic mass is 35.5. The highest BCUT2D eigenvalue weighted by Gasteiger charge is 2.30. The zero-order valence-corrected chi connectivity index (χ0v) is 18.8. The molecule has 9 heteroatoms. The Labute approximate surface area is 184 Å². The number of ether oxygens (including phenoxy) is 1. The summed E-state index contributed by atoms with van der Waals surface area (Å²) in [5, 5.41) is 4.02. The van der Waals surface area contributed by atoms with Gasteiger partial charge in [0.15, 0.2) is 0 Å². The van der Waals surface area contributed by atoms with Gasteiger partial charge >= 0.3 is 5.97 Å². The molecule has 1 aromatic heterocycles. The smallest absolute Gasteiger partial charge is 0.341 e. The summed E-state index contributed by atoms with van der Waals surface area (Å²) in [6.45, 7) is 5.89. The van der Waals surface area contributed by atoms with Crippen molar-refractivity contribution in [2.75, 3.05) is 19.0 Å². The van der Waals surface area contributed by atoms with Crippen molar-refractivity contribution in [1.82, 2.24) is 4.90 Å². The second kappa shape index (κ2) is 9.46. The fourth-order valence-electron chi connectivity index (χ4n) is 3.11. The van der Waals surface area contributed by atoms with Gasteiger partial charge in [-0.15, -0.1) is 23.7 Å². The van der Waals surface area contributed by atoms with Crippen LogP contribution >= 0.6 is 46.9 Å². The Morgan fingerprint density at radius 2 is 2.00 bits per heavy atom. The lowest BCUT2D eigenvalue weighted by Crippen LogP contribution is -2.35. The topological polar surface area (TPSA) is 58.6 Å². The molecule has 0 bridgehead atoms. The van der Waals surface area contributed by atoms with E-state index in [1.54, 1.807) is 12.1 Å². The van der Waals surface area contributed by atoms with Crippen molar-refractivity contribution >= 4 is 63.8 Å². The molecule has 2 heterocycles. The van der Waals surface area contributed by atoms with Gasteiger partial charge in [-0.25, -0.2) is 4.79 Å². The average molecular weight is 464 g/mol. The molecule has 152 valence electrons. The Morgan fingerprint density at radius 3 is 2.64 bits per heavy atom. The number of nitrogens with one attached hydrogen (secondary N) is 1. The number of halogens is 3. The van der Waals surface area contributed by atoms with Crippen LogP contribution in [0.15, 0.2) is 18.2 Å². The molecule has 1 N–H and O–H groups in total. The first kappa shape index (κ1) is 23.0. The van der Waals surface area contributed by atoms with Crippen LogP contribution in [-0.4, -0.2) is 36.5 Å². The van der Waals surface area contributed by atoms with Crippen LogP contribution in [0, 0.1) is 0 Å². The number of nitrogens with zero attached hydrogens (tertiary/aromatic N) is 1. The molecule has 0 fully saturated rings. The number of esters is 1. The van der Waals surface area contributed by atoms with Gasteiger partial charge in [-0.05, 0) is 44.0 Å². The molecule has 0 radical (unpaired) electrons. The van der Waals surface area contributed by atoms with E-state index in [1.165, 1.54) is 24.5 Å². The average Bonchev–Trinajstić information content (AvgIpc) is 2.99. The van der Waals surface area contributed by atoms with Crippen molar-refractivity contribution in [3.63, 3.8) is 0 Å². The molecule has 0 atom stereocenters. The van der Waals surface area contributed by atoms with E-state index in [9.17, 15) is 9.59 Å². The Morgan fingerprint density at radius 1 is 1.29 bits per heavy atom. The maximum Gasteiger partial charge on any atom is 0.341 e. The summed E-state index contributed by atoms with van der Waals surface area (Å²) < 4.78 is 4.96. The number of anilines is 1. The van der Waals surface area contributed by atoms with Gasteiger partial charge in [0, 0.05) is 29.0 Å². The van der Waals surface area contributed by atoms with Crippen LogP contribution in [0.3, 0.4) is 0 Å². The van der Waals surface area contributed by atoms with E-state index in [0.717, 1.165) is 30.0 Å². The lowest BCUT2D eigenvalue weighted by atomic mass is 10.0. The number of carbonyl (C=O) groups is 2. The monoisotopic (exact) mass is 462 g/mol. The first-order valence-corrected chi connectivity index (χ1v) is 10.1. The second-order valence-electron chi connectivity index (χ2n) is 6.59. The van der Waals surface area contributed by atoms with Gasteiger partial charge in [0.1, 0.15) is 5.00 Å². The molecule has 2 aromatic rings. The van der Waals surface area contributed by atoms with Crippen molar-refractivity contribution < 1.29 is 14.3 Å². The zero-order chi connectivity index (χ0) is 19.7. The van der Waals surface area contributed by atoms with Gasteiger partial charge in [-0.3, -0.25) is 9.69 Å². The minimum atomic E-state index is -0.446.